The third-order valence-corrected chi connectivity index (χ3v) is 1.28. The average molecular weight is 153 g/mol. The summed E-state index contributed by atoms with van der Waals surface area (Å²) in [4.78, 5) is 10.5. The van der Waals surface area contributed by atoms with Crippen LogP contribution in [-0.2, 0) is 11.3 Å². The number of Topliss-reactive ketones (excluding diaryl/α,β-unsaturated/α-hetero) is 1. The van der Waals surface area contributed by atoms with Crippen molar-refractivity contribution in [1.29, 1.82) is 0 Å². The Balaban J connectivity index is 2.19. The van der Waals surface area contributed by atoms with E-state index in [1.807, 2.05) is 6.07 Å². The van der Waals surface area contributed by atoms with Crippen LogP contribution in [0.15, 0.2) is 23.0 Å². The van der Waals surface area contributed by atoms with Crippen molar-refractivity contribution in [2.24, 2.45) is 0 Å². The summed E-state index contributed by atoms with van der Waals surface area (Å²) in [6.45, 7) is 2.67. The average Bonchev–Trinajstić information content (AvgIpc) is 2.39. The van der Waals surface area contributed by atoms with Gasteiger partial charge in [0.2, 0.25) is 0 Å². The molecule has 3 heteroatoms. The summed E-state index contributed by atoms with van der Waals surface area (Å²) >= 11 is 0. The molecule has 0 fully saturated rings. The van der Waals surface area contributed by atoms with Crippen molar-refractivity contribution in [3.05, 3.63) is 24.2 Å². The third kappa shape index (κ3) is 3.00. The van der Waals surface area contributed by atoms with Crippen LogP contribution in [0.2, 0.25) is 0 Å². The molecule has 0 bridgehead atoms. The molecule has 1 aromatic heterocycles. The van der Waals surface area contributed by atoms with Crippen molar-refractivity contribution in [2.75, 3.05) is 6.54 Å². The Bertz CT molecular complexity index is 216. The van der Waals surface area contributed by atoms with Crippen LogP contribution in [-0.4, -0.2) is 12.3 Å². The van der Waals surface area contributed by atoms with Gasteiger partial charge in [-0.15, -0.1) is 0 Å². The minimum absolute atomic E-state index is 0.147. The highest BCUT2D eigenvalue weighted by atomic mass is 16.3. The summed E-state index contributed by atoms with van der Waals surface area (Å²) in [5.41, 5.74) is 1.06. The molecule has 1 N–H and O–H groups in total. The van der Waals surface area contributed by atoms with E-state index < -0.39 is 0 Å². The molecule has 0 saturated carbocycles. The highest BCUT2D eigenvalue weighted by Gasteiger charge is 1.94. The topological polar surface area (TPSA) is 42.2 Å². The number of furan rings is 1. The summed E-state index contributed by atoms with van der Waals surface area (Å²) in [6.07, 6.45) is 3.28. The maximum atomic E-state index is 10.5. The first kappa shape index (κ1) is 8.01. The molecule has 0 amide bonds. The van der Waals surface area contributed by atoms with Gasteiger partial charge in [-0.2, -0.15) is 0 Å². The normalized spacial score (nSPS) is 9.91. The lowest BCUT2D eigenvalue weighted by Gasteiger charge is -1.97. The fourth-order valence-electron chi connectivity index (χ4n) is 0.776. The third-order valence-electron chi connectivity index (χ3n) is 1.28. The Kier molecular flexibility index (Phi) is 2.86. The number of nitrogens with one attached hydrogen (secondary N) is 1. The predicted octanol–water partition coefficient (Wildman–Crippen LogP) is 0.958. The van der Waals surface area contributed by atoms with Crippen LogP contribution in [0, 0.1) is 0 Å². The lowest BCUT2D eigenvalue weighted by molar-refractivity contribution is -0.116. The molecule has 0 aliphatic carbocycles. The number of ketones is 1. The van der Waals surface area contributed by atoms with Crippen molar-refractivity contribution in [3.8, 4) is 0 Å². The molecular weight excluding hydrogens is 142 g/mol. The van der Waals surface area contributed by atoms with Gasteiger partial charge < -0.3 is 9.73 Å². The Labute approximate surface area is 65.4 Å². The molecule has 0 saturated heterocycles. The number of carbonyl (C=O) groups excluding carboxylic acids is 1. The maximum Gasteiger partial charge on any atom is 0.143 e. The first-order valence-corrected chi connectivity index (χ1v) is 3.50. The van der Waals surface area contributed by atoms with Crippen molar-refractivity contribution in [1.82, 2.24) is 5.32 Å². The fraction of sp³-hybridized carbons (Fsp3) is 0.375. The molecule has 0 aliphatic heterocycles. The van der Waals surface area contributed by atoms with Gasteiger partial charge in [-0.05, 0) is 13.0 Å². The van der Waals surface area contributed by atoms with Crippen molar-refractivity contribution < 1.29 is 9.21 Å². The Hall–Kier alpha value is -1.09. The van der Waals surface area contributed by atoms with Gasteiger partial charge in [-0.3, -0.25) is 4.79 Å². The van der Waals surface area contributed by atoms with E-state index in [0.717, 1.165) is 5.56 Å². The van der Waals surface area contributed by atoms with E-state index in [1.54, 1.807) is 19.5 Å². The van der Waals surface area contributed by atoms with Crippen LogP contribution in [0.3, 0.4) is 0 Å². The molecule has 0 aliphatic rings. The van der Waals surface area contributed by atoms with Crippen molar-refractivity contribution in [3.63, 3.8) is 0 Å². The monoisotopic (exact) mass is 153 g/mol. The highest BCUT2D eigenvalue weighted by Crippen LogP contribution is 1.97. The minimum atomic E-state index is 0.147. The number of hydrogen-bond acceptors (Lipinski definition) is 3. The molecule has 3 nitrogen and oxygen atoms in total. The largest absolute Gasteiger partial charge is 0.472 e. The second-order valence-corrected chi connectivity index (χ2v) is 2.44. The van der Waals surface area contributed by atoms with E-state index in [0.29, 0.717) is 13.1 Å². The molecule has 60 valence electrons. The maximum absolute atomic E-state index is 10.5. The Morgan fingerprint density at radius 3 is 3.09 bits per heavy atom. The molecule has 0 aromatic carbocycles. The molecule has 0 spiro atoms. The zero-order chi connectivity index (χ0) is 8.10. The molecule has 1 heterocycles. The summed E-state index contributed by atoms with van der Waals surface area (Å²) in [6, 6.07) is 1.87. The summed E-state index contributed by atoms with van der Waals surface area (Å²) in [5, 5.41) is 2.98. The van der Waals surface area contributed by atoms with E-state index >= 15 is 0 Å². The van der Waals surface area contributed by atoms with Crippen molar-refractivity contribution in [2.45, 2.75) is 13.5 Å². The van der Waals surface area contributed by atoms with Crippen LogP contribution in [0.1, 0.15) is 12.5 Å². The quantitative estimate of drug-likeness (QED) is 0.700. The second-order valence-electron chi connectivity index (χ2n) is 2.44. The minimum Gasteiger partial charge on any atom is -0.472 e. The summed E-state index contributed by atoms with van der Waals surface area (Å²) in [5.74, 6) is 0.147. The predicted molar refractivity (Wildman–Crippen MR) is 41.1 cm³/mol. The molecule has 0 atom stereocenters. The van der Waals surface area contributed by atoms with Crippen LogP contribution in [0.25, 0.3) is 0 Å². The van der Waals surface area contributed by atoms with Gasteiger partial charge in [0.1, 0.15) is 5.78 Å². The Morgan fingerprint density at radius 1 is 1.73 bits per heavy atom. The molecule has 1 aromatic rings. The lowest BCUT2D eigenvalue weighted by Crippen LogP contribution is -2.19. The molecule has 1 rings (SSSR count). The van der Waals surface area contributed by atoms with Gasteiger partial charge in [-0.1, -0.05) is 0 Å². The van der Waals surface area contributed by atoms with E-state index in [2.05, 4.69) is 5.32 Å². The van der Waals surface area contributed by atoms with Gasteiger partial charge in [-0.25, -0.2) is 0 Å². The lowest BCUT2D eigenvalue weighted by atomic mass is 10.3. The number of hydrogen-bond donors (Lipinski definition) is 1. The van der Waals surface area contributed by atoms with Gasteiger partial charge in [0.05, 0.1) is 19.1 Å². The van der Waals surface area contributed by atoms with E-state index in [4.69, 9.17) is 4.42 Å². The van der Waals surface area contributed by atoms with Gasteiger partial charge in [0, 0.05) is 12.1 Å². The summed E-state index contributed by atoms with van der Waals surface area (Å²) < 4.78 is 4.85. The molecule has 0 radical (unpaired) electrons. The second kappa shape index (κ2) is 3.93. The van der Waals surface area contributed by atoms with E-state index in [1.165, 1.54) is 0 Å². The number of carbonyl (C=O) groups is 1. The smallest absolute Gasteiger partial charge is 0.143 e. The number of rotatable bonds is 4. The zero-order valence-electron chi connectivity index (χ0n) is 6.46. The van der Waals surface area contributed by atoms with Crippen molar-refractivity contribution >= 4 is 5.78 Å². The molecule has 0 unspecified atom stereocenters. The van der Waals surface area contributed by atoms with Gasteiger partial charge in [0.25, 0.3) is 0 Å². The van der Waals surface area contributed by atoms with Gasteiger partial charge in [0.15, 0.2) is 0 Å². The van der Waals surface area contributed by atoms with Gasteiger partial charge >= 0.3 is 0 Å². The molecular formula is C8H11NO2. The van der Waals surface area contributed by atoms with E-state index in [-0.39, 0.29) is 5.78 Å². The SMILES string of the molecule is CC(=O)CNCc1ccoc1. The fourth-order valence-corrected chi connectivity index (χ4v) is 0.776. The zero-order valence-corrected chi connectivity index (χ0v) is 6.46. The standard InChI is InChI=1S/C8H11NO2/c1-7(10)4-9-5-8-2-3-11-6-8/h2-3,6,9H,4-5H2,1H3. The van der Waals surface area contributed by atoms with Crippen LogP contribution in [0.4, 0.5) is 0 Å². The van der Waals surface area contributed by atoms with Crippen LogP contribution in [0.5, 0.6) is 0 Å². The first-order valence-electron chi connectivity index (χ1n) is 3.50. The van der Waals surface area contributed by atoms with Crippen LogP contribution < -0.4 is 5.32 Å². The summed E-state index contributed by atoms with van der Waals surface area (Å²) in [7, 11) is 0. The van der Waals surface area contributed by atoms with Crippen LogP contribution >= 0.6 is 0 Å². The first-order chi connectivity index (χ1) is 5.29. The molecule has 11 heavy (non-hydrogen) atoms. The Morgan fingerprint density at radius 2 is 2.55 bits per heavy atom. The highest BCUT2D eigenvalue weighted by molar-refractivity contribution is 5.77. The van der Waals surface area contributed by atoms with E-state index in [9.17, 15) is 4.79 Å².